The maximum absolute atomic E-state index is 3.90. The molecule has 2 rings (SSSR count). The molecule has 0 heterocycles. The first-order chi connectivity index (χ1) is 8.67. The summed E-state index contributed by atoms with van der Waals surface area (Å²) in [5, 5.41) is 3.90. The summed E-state index contributed by atoms with van der Waals surface area (Å²) in [6, 6.07) is 1.54. The van der Waals surface area contributed by atoms with Crippen molar-refractivity contribution in [2.24, 2.45) is 17.8 Å². The molecule has 0 radical (unpaired) electrons. The number of likely N-dealkylation sites (N-methyl/N-ethyl adjacent to an activating group) is 1. The van der Waals surface area contributed by atoms with E-state index in [-0.39, 0.29) is 0 Å². The van der Waals surface area contributed by atoms with Crippen LogP contribution in [0.3, 0.4) is 0 Å². The minimum absolute atomic E-state index is 0.708. The van der Waals surface area contributed by atoms with E-state index < -0.39 is 0 Å². The molecule has 2 nitrogen and oxygen atoms in total. The Hall–Kier alpha value is -0.0800. The molecule has 0 amide bonds. The van der Waals surface area contributed by atoms with Gasteiger partial charge in [-0.3, -0.25) is 0 Å². The summed E-state index contributed by atoms with van der Waals surface area (Å²) < 4.78 is 0. The van der Waals surface area contributed by atoms with Gasteiger partial charge in [0.2, 0.25) is 0 Å². The van der Waals surface area contributed by atoms with Crippen LogP contribution in [-0.2, 0) is 0 Å². The Morgan fingerprint density at radius 3 is 2.50 bits per heavy atom. The molecule has 0 aromatic heterocycles. The zero-order valence-corrected chi connectivity index (χ0v) is 12.8. The lowest BCUT2D eigenvalue weighted by molar-refractivity contribution is 0.183. The summed E-state index contributed by atoms with van der Waals surface area (Å²) >= 11 is 0. The van der Waals surface area contributed by atoms with Gasteiger partial charge in [0.1, 0.15) is 0 Å². The highest BCUT2D eigenvalue weighted by molar-refractivity contribution is 4.98. The molecule has 0 saturated heterocycles. The van der Waals surface area contributed by atoms with E-state index in [1.165, 1.54) is 45.1 Å². The molecule has 0 aromatic carbocycles. The van der Waals surface area contributed by atoms with Crippen LogP contribution >= 0.6 is 0 Å². The zero-order valence-electron chi connectivity index (χ0n) is 12.8. The predicted molar refractivity (Wildman–Crippen MR) is 78.8 cm³/mol. The van der Waals surface area contributed by atoms with Gasteiger partial charge in [-0.25, -0.2) is 0 Å². The maximum Gasteiger partial charge on any atom is 0.0242 e. The highest BCUT2D eigenvalue weighted by atomic mass is 15.1. The maximum atomic E-state index is 3.90. The Balaban J connectivity index is 1.81. The molecule has 106 valence electrons. The molecule has 0 aliphatic heterocycles. The van der Waals surface area contributed by atoms with Crippen LogP contribution < -0.4 is 5.32 Å². The molecular formula is C16H32N2. The first-order valence-electron chi connectivity index (χ1n) is 8.07. The summed E-state index contributed by atoms with van der Waals surface area (Å²) in [5.41, 5.74) is 0. The summed E-state index contributed by atoms with van der Waals surface area (Å²) in [5.74, 6) is 2.96. The zero-order chi connectivity index (χ0) is 13.1. The molecule has 0 spiro atoms. The van der Waals surface area contributed by atoms with Gasteiger partial charge >= 0.3 is 0 Å². The van der Waals surface area contributed by atoms with Gasteiger partial charge in [0, 0.05) is 18.6 Å². The number of fused-ring (bicyclic) bond motifs is 1. The van der Waals surface area contributed by atoms with Crippen LogP contribution in [0.5, 0.6) is 0 Å². The van der Waals surface area contributed by atoms with E-state index in [1.807, 2.05) is 0 Å². The lowest BCUT2D eigenvalue weighted by Crippen LogP contribution is -2.47. The van der Waals surface area contributed by atoms with E-state index >= 15 is 0 Å². The molecule has 0 bridgehead atoms. The summed E-state index contributed by atoms with van der Waals surface area (Å²) in [6.07, 6.45) is 8.50. The summed E-state index contributed by atoms with van der Waals surface area (Å²) in [4.78, 5) is 2.43. The summed E-state index contributed by atoms with van der Waals surface area (Å²) in [7, 11) is 4.48. The Morgan fingerprint density at radius 2 is 1.89 bits per heavy atom. The van der Waals surface area contributed by atoms with E-state index in [2.05, 4.69) is 38.2 Å². The Labute approximate surface area is 114 Å². The summed E-state index contributed by atoms with van der Waals surface area (Å²) in [6.45, 7) is 5.86. The van der Waals surface area contributed by atoms with Gasteiger partial charge in [0.25, 0.3) is 0 Å². The normalized spacial score (nSPS) is 32.7. The van der Waals surface area contributed by atoms with Gasteiger partial charge in [-0.15, -0.1) is 0 Å². The van der Waals surface area contributed by atoms with Crippen molar-refractivity contribution in [2.45, 2.75) is 64.5 Å². The van der Waals surface area contributed by atoms with Gasteiger partial charge in [0.15, 0.2) is 0 Å². The number of nitrogens with zero attached hydrogens (tertiary/aromatic N) is 1. The van der Waals surface area contributed by atoms with Crippen LogP contribution in [0.2, 0.25) is 0 Å². The molecule has 1 N–H and O–H groups in total. The van der Waals surface area contributed by atoms with Gasteiger partial charge in [-0.05, 0) is 44.7 Å². The minimum Gasteiger partial charge on any atom is -0.312 e. The topological polar surface area (TPSA) is 15.3 Å². The van der Waals surface area contributed by atoms with Crippen molar-refractivity contribution in [2.75, 3.05) is 20.6 Å². The van der Waals surface area contributed by atoms with Crippen molar-refractivity contribution < 1.29 is 0 Å². The molecule has 2 aliphatic rings. The molecule has 4 atom stereocenters. The molecule has 0 aromatic rings. The van der Waals surface area contributed by atoms with Gasteiger partial charge in [0.05, 0.1) is 0 Å². The van der Waals surface area contributed by atoms with Crippen LogP contribution in [-0.4, -0.2) is 37.6 Å². The van der Waals surface area contributed by atoms with E-state index in [0.717, 1.165) is 23.8 Å². The lowest BCUT2D eigenvalue weighted by atomic mass is 9.91. The average Bonchev–Trinajstić information content (AvgIpc) is 3.13. The largest absolute Gasteiger partial charge is 0.312 e. The third-order valence-electron chi connectivity index (χ3n) is 5.43. The van der Waals surface area contributed by atoms with Gasteiger partial charge in [-0.1, -0.05) is 39.5 Å². The van der Waals surface area contributed by atoms with Crippen LogP contribution in [0.4, 0.5) is 0 Å². The second-order valence-electron chi connectivity index (χ2n) is 6.71. The van der Waals surface area contributed by atoms with Crippen LogP contribution in [0.15, 0.2) is 0 Å². The van der Waals surface area contributed by atoms with Crippen molar-refractivity contribution in [3.8, 4) is 0 Å². The third-order valence-corrected chi connectivity index (χ3v) is 5.43. The Kier molecular flexibility index (Phi) is 5.08. The fourth-order valence-electron chi connectivity index (χ4n) is 4.04. The fourth-order valence-corrected chi connectivity index (χ4v) is 4.04. The molecule has 18 heavy (non-hydrogen) atoms. The molecule has 4 unspecified atom stereocenters. The first kappa shape index (κ1) is 14.3. The molecule has 2 fully saturated rings. The van der Waals surface area contributed by atoms with Crippen molar-refractivity contribution in [3.63, 3.8) is 0 Å². The van der Waals surface area contributed by atoms with Crippen LogP contribution in [0.25, 0.3) is 0 Å². The lowest BCUT2D eigenvalue weighted by Gasteiger charge is -2.34. The van der Waals surface area contributed by atoms with E-state index in [0.29, 0.717) is 6.04 Å². The van der Waals surface area contributed by atoms with E-state index in [4.69, 9.17) is 0 Å². The standard InChI is InChI=1S/C16H32N2/c1-5-12(6-2)16(18(3)4)11-17-15-9-7-8-13-10-14(13)15/h12-17H,5-11H2,1-4H3. The Morgan fingerprint density at radius 1 is 1.17 bits per heavy atom. The Bertz CT molecular complexity index is 247. The second kappa shape index (κ2) is 6.38. The molecule has 2 aliphatic carbocycles. The predicted octanol–water partition coefficient (Wildman–Crippen LogP) is 3.13. The number of nitrogens with one attached hydrogen (secondary N) is 1. The van der Waals surface area contributed by atoms with Crippen LogP contribution in [0.1, 0.15) is 52.4 Å². The van der Waals surface area contributed by atoms with Gasteiger partial charge in [-0.2, -0.15) is 0 Å². The SMILES string of the molecule is CCC(CC)C(CNC1CCCC2CC21)N(C)C. The molecule has 2 heteroatoms. The number of hydrogen-bond acceptors (Lipinski definition) is 2. The van der Waals surface area contributed by atoms with Crippen molar-refractivity contribution in [1.29, 1.82) is 0 Å². The third kappa shape index (κ3) is 3.27. The quantitative estimate of drug-likeness (QED) is 0.749. The second-order valence-corrected chi connectivity index (χ2v) is 6.71. The van der Waals surface area contributed by atoms with E-state index in [9.17, 15) is 0 Å². The fraction of sp³-hybridized carbons (Fsp3) is 1.00. The van der Waals surface area contributed by atoms with Crippen molar-refractivity contribution in [1.82, 2.24) is 10.2 Å². The number of rotatable bonds is 7. The van der Waals surface area contributed by atoms with E-state index in [1.54, 1.807) is 0 Å². The molecule has 2 saturated carbocycles. The van der Waals surface area contributed by atoms with Gasteiger partial charge < -0.3 is 10.2 Å². The average molecular weight is 252 g/mol. The molecular weight excluding hydrogens is 220 g/mol. The van der Waals surface area contributed by atoms with Crippen LogP contribution in [0, 0.1) is 17.8 Å². The smallest absolute Gasteiger partial charge is 0.0242 e. The monoisotopic (exact) mass is 252 g/mol. The van der Waals surface area contributed by atoms with Crippen molar-refractivity contribution >= 4 is 0 Å². The first-order valence-corrected chi connectivity index (χ1v) is 8.07. The van der Waals surface area contributed by atoms with Crippen molar-refractivity contribution in [3.05, 3.63) is 0 Å². The highest BCUT2D eigenvalue weighted by Gasteiger charge is 2.44. The number of hydrogen-bond donors (Lipinski definition) is 1. The minimum atomic E-state index is 0.708. The highest BCUT2D eigenvalue weighted by Crippen LogP contribution is 2.49.